The van der Waals surface area contributed by atoms with Crippen molar-refractivity contribution in [3.63, 3.8) is 0 Å². The van der Waals surface area contributed by atoms with Crippen LogP contribution in [0.4, 0.5) is 21.5 Å². The van der Waals surface area contributed by atoms with Gasteiger partial charge in [-0.3, -0.25) is 4.79 Å². The second-order valence-corrected chi connectivity index (χ2v) is 7.08. The van der Waals surface area contributed by atoms with Crippen LogP contribution in [0.2, 0.25) is 0 Å². The number of anilines is 3. The molecule has 0 aromatic heterocycles. The minimum atomic E-state index is -0.431. The predicted octanol–water partition coefficient (Wildman–Crippen LogP) is 4.50. The molecule has 1 aliphatic heterocycles. The van der Waals surface area contributed by atoms with E-state index in [1.165, 1.54) is 30.7 Å². The van der Waals surface area contributed by atoms with E-state index in [9.17, 15) is 9.18 Å². The zero-order valence-corrected chi connectivity index (χ0v) is 15.3. The van der Waals surface area contributed by atoms with Crippen molar-refractivity contribution in [3.05, 3.63) is 54.3 Å². The Labute approximate surface area is 154 Å². The van der Waals surface area contributed by atoms with Crippen LogP contribution in [0.5, 0.6) is 0 Å². The highest BCUT2D eigenvalue weighted by atomic mass is 19.1. The van der Waals surface area contributed by atoms with Crippen molar-refractivity contribution in [2.45, 2.75) is 32.7 Å². The lowest BCUT2D eigenvalue weighted by Crippen LogP contribution is -2.33. The molecule has 2 aromatic carbocycles. The van der Waals surface area contributed by atoms with Crippen LogP contribution in [0.3, 0.4) is 0 Å². The first kappa shape index (κ1) is 18.2. The topological polar surface area (TPSA) is 44.4 Å². The number of nitrogens with zero attached hydrogens (tertiary/aromatic N) is 1. The molecular formula is C21H26FN3O. The fourth-order valence-electron chi connectivity index (χ4n) is 3.17. The standard InChI is InChI=1S/C21H26FN3O/c1-15-10-12-25(13-11-15)20-8-6-18(7-9-20)23-16(2)21(26)24-19-5-3-4-17(22)14-19/h3-9,14-16,23H,10-13H2,1-2H3,(H,24,26)/t16-/m0/s1. The number of carbonyl (C=O) groups excluding carboxylic acids is 1. The third kappa shape index (κ3) is 4.75. The Morgan fingerprint density at radius 1 is 1.12 bits per heavy atom. The van der Waals surface area contributed by atoms with Crippen LogP contribution >= 0.6 is 0 Å². The first-order valence-electron chi connectivity index (χ1n) is 9.19. The zero-order chi connectivity index (χ0) is 18.5. The van der Waals surface area contributed by atoms with Crippen molar-refractivity contribution < 1.29 is 9.18 Å². The van der Waals surface area contributed by atoms with Gasteiger partial charge in [-0.1, -0.05) is 13.0 Å². The van der Waals surface area contributed by atoms with Gasteiger partial charge in [0.2, 0.25) is 5.91 Å². The number of piperidine rings is 1. The van der Waals surface area contributed by atoms with Gasteiger partial charge in [0.25, 0.3) is 0 Å². The number of carbonyl (C=O) groups is 1. The van der Waals surface area contributed by atoms with Gasteiger partial charge >= 0.3 is 0 Å². The summed E-state index contributed by atoms with van der Waals surface area (Å²) in [6, 6.07) is 13.6. The summed E-state index contributed by atoms with van der Waals surface area (Å²) in [7, 11) is 0. The summed E-state index contributed by atoms with van der Waals surface area (Å²) in [6.07, 6.45) is 2.47. The van der Waals surface area contributed by atoms with Gasteiger partial charge in [-0.05, 0) is 68.1 Å². The first-order chi connectivity index (χ1) is 12.5. The maximum absolute atomic E-state index is 13.2. The van der Waals surface area contributed by atoms with E-state index in [2.05, 4.69) is 34.6 Å². The molecule has 1 aliphatic rings. The molecule has 2 N–H and O–H groups in total. The maximum atomic E-state index is 13.2. The van der Waals surface area contributed by atoms with Crippen LogP contribution in [0.15, 0.2) is 48.5 Å². The van der Waals surface area contributed by atoms with E-state index in [0.717, 1.165) is 24.7 Å². The first-order valence-corrected chi connectivity index (χ1v) is 9.19. The van der Waals surface area contributed by atoms with Crippen molar-refractivity contribution in [2.24, 2.45) is 5.92 Å². The summed E-state index contributed by atoms with van der Waals surface area (Å²) < 4.78 is 13.2. The molecule has 3 rings (SSSR count). The Morgan fingerprint density at radius 2 is 1.81 bits per heavy atom. The van der Waals surface area contributed by atoms with Gasteiger partial charge in [-0.25, -0.2) is 4.39 Å². The lowest BCUT2D eigenvalue weighted by atomic mass is 9.99. The summed E-state index contributed by atoms with van der Waals surface area (Å²) in [6.45, 7) is 6.29. The zero-order valence-electron chi connectivity index (χ0n) is 15.3. The Hall–Kier alpha value is -2.56. The Kier molecular flexibility index (Phi) is 5.76. The number of rotatable bonds is 5. The van der Waals surface area contributed by atoms with Crippen molar-refractivity contribution in [1.82, 2.24) is 0 Å². The second kappa shape index (κ2) is 8.21. The van der Waals surface area contributed by atoms with Gasteiger partial charge in [0.15, 0.2) is 0 Å². The van der Waals surface area contributed by atoms with Crippen LogP contribution in [0.1, 0.15) is 26.7 Å². The largest absolute Gasteiger partial charge is 0.374 e. The van der Waals surface area contributed by atoms with E-state index in [-0.39, 0.29) is 11.7 Å². The van der Waals surface area contributed by atoms with Gasteiger partial charge in [0.1, 0.15) is 11.9 Å². The Balaban J connectivity index is 1.55. The van der Waals surface area contributed by atoms with Gasteiger partial charge < -0.3 is 15.5 Å². The highest BCUT2D eigenvalue weighted by Crippen LogP contribution is 2.24. The molecule has 2 aromatic rings. The molecule has 138 valence electrons. The van der Waals surface area contributed by atoms with Crippen LogP contribution in [0, 0.1) is 11.7 Å². The molecule has 1 heterocycles. The molecule has 1 amide bonds. The lowest BCUT2D eigenvalue weighted by molar-refractivity contribution is -0.116. The molecule has 1 fully saturated rings. The van der Waals surface area contributed by atoms with Gasteiger partial charge in [0.05, 0.1) is 0 Å². The summed E-state index contributed by atoms with van der Waals surface area (Å²) in [5.74, 6) is 0.237. The van der Waals surface area contributed by atoms with Gasteiger partial charge in [-0.2, -0.15) is 0 Å². The Morgan fingerprint density at radius 3 is 2.46 bits per heavy atom. The minimum absolute atomic E-state index is 0.204. The van der Waals surface area contributed by atoms with Crippen molar-refractivity contribution in [1.29, 1.82) is 0 Å². The molecule has 5 heteroatoms. The average Bonchev–Trinajstić information content (AvgIpc) is 2.63. The third-order valence-corrected chi connectivity index (χ3v) is 4.88. The summed E-state index contributed by atoms with van der Waals surface area (Å²) in [5, 5.41) is 5.91. The van der Waals surface area contributed by atoms with Crippen LogP contribution in [-0.4, -0.2) is 25.0 Å². The molecule has 0 saturated carbocycles. The molecule has 0 unspecified atom stereocenters. The van der Waals surface area contributed by atoms with Gasteiger partial charge in [0, 0.05) is 30.2 Å². The number of nitrogens with one attached hydrogen (secondary N) is 2. The fraction of sp³-hybridized carbons (Fsp3) is 0.381. The SMILES string of the molecule is CC1CCN(c2ccc(N[C@@H](C)C(=O)Nc3cccc(F)c3)cc2)CC1. The molecule has 1 saturated heterocycles. The summed E-state index contributed by atoms with van der Waals surface area (Å²) in [4.78, 5) is 14.7. The maximum Gasteiger partial charge on any atom is 0.246 e. The number of hydrogen-bond donors (Lipinski definition) is 2. The Bertz CT molecular complexity index is 739. The summed E-state index contributed by atoms with van der Waals surface area (Å²) >= 11 is 0. The van der Waals surface area contributed by atoms with E-state index in [1.807, 2.05) is 12.1 Å². The highest BCUT2D eigenvalue weighted by molar-refractivity contribution is 5.96. The van der Waals surface area contributed by atoms with Crippen molar-refractivity contribution >= 4 is 23.0 Å². The summed E-state index contributed by atoms with van der Waals surface area (Å²) in [5.41, 5.74) is 2.57. The van der Waals surface area contributed by atoms with Crippen LogP contribution in [0.25, 0.3) is 0 Å². The molecule has 0 radical (unpaired) electrons. The van der Waals surface area contributed by atoms with Crippen LogP contribution in [-0.2, 0) is 4.79 Å². The van der Waals surface area contributed by atoms with E-state index in [1.54, 1.807) is 19.1 Å². The lowest BCUT2D eigenvalue weighted by Gasteiger charge is -2.32. The fourth-order valence-corrected chi connectivity index (χ4v) is 3.17. The van der Waals surface area contributed by atoms with E-state index < -0.39 is 6.04 Å². The molecule has 1 atom stereocenters. The van der Waals surface area contributed by atoms with Crippen molar-refractivity contribution in [3.8, 4) is 0 Å². The number of amides is 1. The normalized spacial score (nSPS) is 16.2. The second-order valence-electron chi connectivity index (χ2n) is 7.08. The van der Waals surface area contributed by atoms with E-state index in [0.29, 0.717) is 5.69 Å². The smallest absolute Gasteiger partial charge is 0.246 e. The molecule has 26 heavy (non-hydrogen) atoms. The van der Waals surface area contributed by atoms with Gasteiger partial charge in [-0.15, -0.1) is 0 Å². The molecule has 0 bridgehead atoms. The molecule has 0 spiro atoms. The third-order valence-electron chi connectivity index (χ3n) is 4.88. The quantitative estimate of drug-likeness (QED) is 0.830. The number of hydrogen-bond acceptors (Lipinski definition) is 3. The number of benzene rings is 2. The average molecular weight is 355 g/mol. The highest BCUT2D eigenvalue weighted by Gasteiger charge is 2.16. The number of halogens is 1. The molecular weight excluding hydrogens is 329 g/mol. The van der Waals surface area contributed by atoms with E-state index >= 15 is 0 Å². The monoisotopic (exact) mass is 355 g/mol. The molecule has 0 aliphatic carbocycles. The van der Waals surface area contributed by atoms with E-state index in [4.69, 9.17) is 0 Å². The van der Waals surface area contributed by atoms with Crippen LogP contribution < -0.4 is 15.5 Å². The molecule has 4 nitrogen and oxygen atoms in total. The van der Waals surface area contributed by atoms with Crippen molar-refractivity contribution in [2.75, 3.05) is 28.6 Å². The predicted molar refractivity (Wildman–Crippen MR) is 105 cm³/mol. The minimum Gasteiger partial charge on any atom is -0.374 e.